The maximum atomic E-state index is 11.4. The van der Waals surface area contributed by atoms with Crippen LogP contribution in [0.1, 0.15) is 83.1 Å². The number of hydrogen-bond acceptors (Lipinski definition) is 3. The van der Waals surface area contributed by atoms with E-state index in [4.69, 9.17) is 9.47 Å². The number of hydrogen-bond donors (Lipinski definition) is 0. The average Bonchev–Trinajstić information content (AvgIpc) is 3.12. The smallest absolute Gasteiger partial charge is 0.331 e. The van der Waals surface area contributed by atoms with Crippen molar-refractivity contribution in [3.63, 3.8) is 0 Å². The van der Waals surface area contributed by atoms with Crippen molar-refractivity contribution in [2.75, 3.05) is 0 Å². The minimum Gasteiger partial charge on any atom is -0.452 e. The Balaban J connectivity index is 1.62. The SMILES string of the molecule is CCCCCCCCCCCC[C@@H](OCc1ccccc1)[C@H]1C=CC(=O)O1. The van der Waals surface area contributed by atoms with Crippen LogP contribution in [-0.2, 0) is 20.9 Å². The van der Waals surface area contributed by atoms with E-state index in [1.165, 1.54) is 63.9 Å². The zero-order valence-electron chi connectivity index (χ0n) is 16.9. The van der Waals surface area contributed by atoms with E-state index in [0.717, 1.165) is 18.4 Å². The third kappa shape index (κ3) is 9.23. The summed E-state index contributed by atoms with van der Waals surface area (Å²) in [6, 6.07) is 10.2. The van der Waals surface area contributed by atoms with Gasteiger partial charge in [0.2, 0.25) is 0 Å². The Labute approximate surface area is 165 Å². The molecule has 0 amide bonds. The molecule has 150 valence electrons. The average molecular weight is 373 g/mol. The lowest BCUT2D eigenvalue weighted by Crippen LogP contribution is -2.28. The van der Waals surface area contributed by atoms with Gasteiger partial charge in [0.05, 0.1) is 12.7 Å². The maximum Gasteiger partial charge on any atom is 0.331 e. The molecule has 1 aliphatic heterocycles. The fourth-order valence-corrected chi connectivity index (χ4v) is 3.54. The van der Waals surface area contributed by atoms with Crippen LogP contribution in [0.5, 0.6) is 0 Å². The molecule has 0 fully saturated rings. The maximum absolute atomic E-state index is 11.4. The van der Waals surface area contributed by atoms with Crippen LogP contribution in [0.3, 0.4) is 0 Å². The molecule has 2 atom stereocenters. The first-order valence-electron chi connectivity index (χ1n) is 10.8. The van der Waals surface area contributed by atoms with Crippen molar-refractivity contribution in [2.45, 2.75) is 96.4 Å². The van der Waals surface area contributed by atoms with Crippen LogP contribution in [0.2, 0.25) is 0 Å². The van der Waals surface area contributed by atoms with Gasteiger partial charge in [-0.3, -0.25) is 0 Å². The summed E-state index contributed by atoms with van der Waals surface area (Å²) in [7, 11) is 0. The Kier molecular flexibility index (Phi) is 10.9. The Morgan fingerprint density at radius 1 is 0.926 bits per heavy atom. The van der Waals surface area contributed by atoms with Gasteiger partial charge in [-0.1, -0.05) is 101 Å². The molecule has 0 unspecified atom stereocenters. The molecule has 0 bridgehead atoms. The summed E-state index contributed by atoms with van der Waals surface area (Å²) in [6.45, 7) is 2.82. The Hall–Kier alpha value is -1.61. The third-order valence-electron chi connectivity index (χ3n) is 5.19. The van der Waals surface area contributed by atoms with Crippen molar-refractivity contribution in [3.8, 4) is 0 Å². The van der Waals surface area contributed by atoms with E-state index in [2.05, 4.69) is 19.1 Å². The van der Waals surface area contributed by atoms with Crippen molar-refractivity contribution < 1.29 is 14.3 Å². The molecular weight excluding hydrogens is 336 g/mol. The quantitative estimate of drug-likeness (QED) is 0.265. The molecule has 1 heterocycles. The highest BCUT2D eigenvalue weighted by Crippen LogP contribution is 2.20. The van der Waals surface area contributed by atoms with Gasteiger partial charge >= 0.3 is 5.97 Å². The summed E-state index contributed by atoms with van der Waals surface area (Å²) >= 11 is 0. The Morgan fingerprint density at radius 2 is 1.56 bits per heavy atom. The van der Waals surface area contributed by atoms with Crippen LogP contribution in [0.15, 0.2) is 42.5 Å². The van der Waals surface area contributed by atoms with Crippen LogP contribution in [0, 0.1) is 0 Å². The monoisotopic (exact) mass is 372 g/mol. The second kappa shape index (κ2) is 13.5. The molecule has 1 aromatic carbocycles. The van der Waals surface area contributed by atoms with Crippen LogP contribution in [0.4, 0.5) is 0 Å². The Morgan fingerprint density at radius 3 is 2.15 bits per heavy atom. The van der Waals surface area contributed by atoms with Crippen LogP contribution >= 0.6 is 0 Å². The van der Waals surface area contributed by atoms with Crippen molar-refractivity contribution in [2.24, 2.45) is 0 Å². The van der Waals surface area contributed by atoms with Crippen molar-refractivity contribution >= 4 is 5.97 Å². The van der Waals surface area contributed by atoms with E-state index >= 15 is 0 Å². The zero-order valence-corrected chi connectivity index (χ0v) is 16.9. The largest absolute Gasteiger partial charge is 0.452 e. The highest BCUT2D eigenvalue weighted by Gasteiger charge is 2.27. The molecule has 3 heteroatoms. The predicted octanol–water partition coefficient (Wildman–Crippen LogP) is 6.36. The molecule has 0 spiro atoms. The van der Waals surface area contributed by atoms with Gasteiger partial charge in [0.15, 0.2) is 0 Å². The van der Waals surface area contributed by atoms with Gasteiger partial charge in [-0.15, -0.1) is 0 Å². The van der Waals surface area contributed by atoms with E-state index in [1.807, 2.05) is 24.3 Å². The molecule has 2 rings (SSSR count). The molecule has 0 radical (unpaired) electrons. The number of rotatable bonds is 15. The number of esters is 1. The zero-order chi connectivity index (χ0) is 19.2. The molecule has 0 N–H and O–H groups in total. The van der Waals surface area contributed by atoms with Crippen molar-refractivity contribution in [1.82, 2.24) is 0 Å². The molecule has 27 heavy (non-hydrogen) atoms. The van der Waals surface area contributed by atoms with Crippen LogP contribution < -0.4 is 0 Å². The molecular formula is C24H36O3. The molecule has 1 aromatic rings. The van der Waals surface area contributed by atoms with Gasteiger partial charge in [0.25, 0.3) is 0 Å². The predicted molar refractivity (Wildman–Crippen MR) is 111 cm³/mol. The first-order chi connectivity index (χ1) is 13.3. The van der Waals surface area contributed by atoms with Gasteiger partial charge in [0.1, 0.15) is 6.10 Å². The lowest BCUT2D eigenvalue weighted by atomic mass is 10.0. The Bertz CT molecular complexity index is 538. The second-order valence-electron chi connectivity index (χ2n) is 7.57. The fraction of sp³-hybridized carbons (Fsp3) is 0.625. The molecule has 0 saturated heterocycles. The standard InChI is InChI=1S/C24H36O3/c1-2-3-4-5-6-7-8-9-10-14-17-22(23-18-19-24(25)27-23)26-20-21-15-12-11-13-16-21/h11-13,15-16,18-19,22-23H,2-10,14,17,20H2,1H3/t22-,23-/m1/s1. The van der Waals surface area contributed by atoms with E-state index in [9.17, 15) is 4.79 Å². The molecule has 0 aromatic heterocycles. The van der Waals surface area contributed by atoms with Crippen LogP contribution in [-0.4, -0.2) is 18.2 Å². The van der Waals surface area contributed by atoms with E-state index in [0.29, 0.717) is 6.61 Å². The number of carbonyl (C=O) groups excluding carboxylic acids is 1. The normalized spacial score (nSPS) is 17.2. The van der Waals surface area contributed by atoms with Gasteiger partial charge in [-0.2, -0.15) is 0 Å². The summed E-state index contributed by atoms with van der Waals surface area (Å²) in [4.78, 5) is 11.4. The fourth-order valence-electron chi connectivity index (χ4n) is 3.54. The summed E-state index contributed by atoms with van der Waals surface area (Å²) in [6.07, 6.45) is 17.2. The van der Waals surface area contributed by atoms with Gasteiger partial charge in [-0.25, -0.2) is 4.79 Å². The highest BCUT2D eigenvalue weighted by molar-refractivity contribution is 5.84. The summed E-state index contributed by atoms with van der Waals surface area (Å²) in [5.74, 6) is -0.253. The van der Waals surface area contributed by atoms with Crippen molar-refractivity contribution in [3.05, 3.63) is 48.0 Å². The van der Waals surface area contributed by atoms with E-state index in [1.54, 1.807) is 0 Å². The lowest BCUT2D eigenvalue weighted by Gasteiger charge is -2.22. The molecule has 1 aliphatic rings. The molecule has 0 aliphatic carbocycles. The lowest BCUT2D eigenvalue weighted by molar-refractivity contribution is -0.145. The number of carbonyl (C=O) groups is 1. The van der Waals surface area contributed by atoms with Gasteiger partial charge in [0, 0.05) is 6.08 Å². The molecule has 3 nitrogen and oxygen atoms in total. The topological polar surface area (TPSA) is 35.5 Å². The number of unbranched alkanes of at least 4 members (excludes halogenated alkanes) is 9. The first-order valence-corrected chi connectivity index (χ1v) is 10.8. The highest BCUT2D eigenvalue weighted by atomic mass is 16.6. The third-order valence-corrected chi connectivity index (χ3v) is 5.19. The minimum absolute atomic E-state index is 0.0538. The van der Waals surface area contributed by atoms with Gasteiger partial charge in [-0.05, 0) is 18.1 Å². The summed E-state index contributed by atoms with van der Waals surface area (Å²) in [5, 5.41) is 0. The summed E-state index contributed by atoms with van der Waals surface area (Å²) < 4.78 is 11.5. The van der Waals surface area contributed by atoms with Crippen molar-refractivity contribution in [1.29, 1.82) is 0 Å². The number of ether oxygens (including phenoxy) is 2. The summed E-state index contributed by atoms with van der Waals surface area (Å²) in [5.41, 5.74) is 1.15. The minimum atomic E-state index is -0.253. The number of benzene rings is 1. The molecule has 0 saturated carbocycles. The first kappa shape index (κ1) is 21.7. The van der Waals surface area contributed by atoms with Crippen LogP contribution in [0.25, 0.3) is 0 Å². The van der Waals surface area contributed by atoms with E-state index in [-0.39, 0.29) is 18.2 Å². The van der Waals surface area contributed by atoms with Gasteiger partial charge < -0.3 is 9.47 Å². The number of cyclic esters (lactones) is 1. The van der Waals surface area contributed by atoms with E-state index < -0.39 is 0 Å². The second-order valence-corrected chi connectivity index (χ2v) is 7.57.